The molecule has 98 valence electrons. The van der Waals surface area contributed by atoms with E-state index in [9.17, 15) is 4.79 Å². The molecular weight excluding hydrogens is 262 g/mol. The van der Waals surface area contributed by atoms with E-state index >= 15 is 0 Å². The van der Waals surface area contributed by atoms with Crippen LogP contribution in [0.1, 0.15) is 17.3 Å². The molecule has 1 amide bonds. The van der Waals surface area contributed by atoms with Gasteiger partial charge in [-0.1, -0.05) is 29.8 Å². The molecule has 0 aliphatic carbocycles. The monoisotopic (exact) mass is 275 g/mol. The molecule has 19 heavy (non-hydrogen) atoms. The van der Waals surface area contributed by atoms with Crippen LogP contribution in [0.15, 0.2) is 54.6 Å². The van der Waals surface area contributed by atoms with Crippen LogP contribution in [-0.4, -0.2) is 12.1 Å². The first-order valence-electron chi connectivity index (χ1n) is 5.93. The molecule has 2 aromatic carbocycles. The maximum absolute atomic E-state index is 11.9. The van der Waals surface area contributed by atoms with Crippen molar-refractivity contribution < 1.29 is 9.53 Å². The first kappa shape index (κ1) is 13.4. The van der Waals surface area contributed by atoms with Gasteiger partial charge in [-0.05, 0) is 43.3 Å². The first-order valence-corrected chi connectivity index (χ1v) is 6.31. The molecule has 0 aliphatic heterocycles. The van der Waals surface area contributed by atoms with Crippen molar-refractivity contribution in [1.82, 2.24) is 5.32 Å². The first-order chi connectivity index (χ1) is 9.15. The molecule has 3 nitrogen and oxygen atoms in total. The predicted molar refractivity (Wildman–Crippen MR) is 75.5 cm³/mol. The number of hydrogen-bond donors (Lipinski definition) is 1. The van der Waals surface area contributed by atoms with Crippen LogP contribution < -0.4 is 10.1 Å². The number of amides is 1. The zero-order valence-electron chi connectivity index (χ0n) is 10.5. The highest BCUT2D eigenvalue weighted by atomic mass is 35.5. The van der Waals surface area contributed by atoms with Crippen LogP contribution in [0.25, 0.3) is 0 Å². The van der Waals surface area contributed by atoms with Crippen LogP contribution in [0.4, 0.5) is 0 Å². The minimum absolute atomic E-state index is 0.165. The minimum Gasteiger partial charge on any atom is -0.471 e. The molecule has 1 atom stereocenters. The minimum atomic E-state index is -0.422. The summed E-state index contributed by atoms with van der Waals surface area (Å²) in [5, 5.41) is 3.41. The summed E-state index contributed by atoms with van der Waals surface area (Å²) < 4.78 is 5.57. The van der Waals surface area contributed by atoms with E-state index < -0.39 is 6.23 Å². The fraction of sp³-hybridized carbons (Fsp3) is 0.133. The highest BCUT2D eigenvalue weighted by Gasteiger charge is 2.10. The molecule has 2 aromatic rings. The highest BCUT2D eigenvalue weighted by Crippen LogP contribution is 2.16. The number of nitrogens with one attached hydrogen (secondary N) is 1. The Kier molecular flexibility index (Phi) is 4.42. The molecule has 1 N–H and O–H groups in total. The lowest BCUT2D eigenvalue weighted by Crippen LogP contribution is -2.36. The lowest BCUT2D eigenvalue weighted by atomic mass is 10.2. The van der Waals surface area contributed by atoms with E-state index in [2.05, 4.69) is 5.32 Å². The third-order valence-electron chi connectivity index (χ3n) is 2.50. The largest absolute Gasteiger partial charge is 0.471 e. The Hall–Kier alpha value is -2.00. The van der Waals surface area contributed by atoms with Crippen molar-refractivity contribution in [3.63, 3.8) is 0 Å². The molecule has 0 bridgehead atoms. The summed E-state index contributed by atoms with van der Waals surface area (Å²) >= 11 is 5.79. The van der Waals surface area contributed by atoms with Gasteiger partial charge < -0.3 is 10.1 Å². The third-order valence-corrected chi connectivity index (χ3v) is 2.75. The molecule has 0 saturated heterocycles. The van der Waals surface area contributed by atoms with Gasteiger partial charge in [-0.2, -0.15) is 0 Å². The summed E-state index contributed by atoms with van der Waals surface area (Å²) in [4.78, 5) is 11.9. The molecular formula is C15H14ClNO2. The van der Waals surface area contributed by atoms with E-state index in [1.807, 2.05) is 18.2 Å². The quantitative estimate of drug-likeness (QED) is 0.868. The second-order valence-corrected chi connectivity index (χ2v) is 4.49. The summed E-state index contributed by atoms with van der Waals surface area (Å²) in [7, 11) is 0. The van der Waals surface area contributed by atoms with E-state index in [1.54, 1.807) is 43.3 Å². The normalized spacial score (nSPS) is 11.7. The van der Waals surface area contributed by atoms with E-state index in [1.165, 1.54) is 0 Å². The van der Waals surface area contributed by atoms with Gasteiger partial charge in [0.15, 0.2) is 6.23 Å². The van der Waals surface area contributed by atoms with Crippen molar-refractivity contribution in [2.75, 3.05) is 0 Å². The van der Waals surface area contributed by atoms with Crippen molar-refractivity contribution in [2.45, 2.75) is 13.2 Å². The average molecular weight is 276 g/mol. The van der Waals surface area contributed by atoms with Crippen LogP contribution in [0.3, 0.4) is 0 Å². The lowest BCUT2D eigenvalue weighted by molar-refractivity contribution is 0.0851. The fourth-order valence-electron chi connectivity index (χ4n) is 1.60. The summed E-state index contributed by atoms with van der Waals surface area (Å²) in [6.07, 6.45) is -0.422. The molecule has 4 heteroatoms. The van der Waals surface area contributed by atoms with Gasteiger partial charge in [-0.25, -0.2) is 0 Å². The maximum Gasteiger partial charge on any atom is 0.254 e. The Balaban J connectivity index is 1.92. The fourth-order valence-corrected chi connectivity index (χ4v) is 1.73. The topological polar surface area (TPSA) is 38.3 Å². The summed E-state index contributed by atoms with van der Waals surface area (Å²) in [5.74, 6) is 0.493. The van der Waals surface area contributed by atoms with Crippen LogP contribution in [0.2, 0.25) is 5.02 Å². The Morgan fingerprint density at radius 2 is 1.74 bits per heavy atom. The molecule has 0 aliphatic rings. The Morgan fingerprint density at radius 1 is 1.11 bits per heavy atom. The second-order valence-electron chi connectivity index (χ2n) is 4.05. The Morgan fingerprint density at radius 3 is 2.37 bits per heavy atom. The standard InChI is InChI=1S/C15H14ClNO2/c1-11(19-14-9-7-13(16)8-10-14)17-15(18)12-5-3-2-4-6-12/h2-11H,1H3,(H,17,18). The van der Waals surface area contributed by atoms with Crippen LogP contribution in [0, 0.1) is 0 Å². The number of rotatable bonds is 4. The molecule has 1 unspecified atom stereocenters. The summed E-state index contributed by atoms with van der Waals surface area (Å²) in [5.41, 5.74) is 0.606. The number of hydrogen-bond acceptors (Lipinski definition) is 2. The van der Waals surface area contributed by atoms with Crippen molar-refractivity contribution in [2.24, 2.45) is 0 Å². The smallest absolute Gasteiger partial charge is 0.254 e. The van der Waals surface area contributed by atoms with Gasteiger partial charge in [0.05, 0.1) is 0 Å². The van der Waals surface area contributed by atoms with E-state index in [4.69, 9.17) is 16.3 Å². The number of halogens is 1. The highest BCUT2D eigenvalue weighted by molar-refractivity contribution is 6.30. The molecule has 0 saturated carbocycles. The zero-order valence-corrected chi connectivity index (χ0v) is 11.2. The van der Waals surface area contributed by atoms with Gasteiger partial charge in [0.1, 0.15) is 5.75 Å². The molecule has 0 heterocycles. The molecule has 0 radical (unpaired) electrons. The summed E-state index contributed by atoms with van der Waals surface area (Å²) in [6, 6.07) is 16.0. The molecule has 2 rings (SSSR count). The molecule has 0 aromatic heterocycles. The van der Waals surface area contributed by atoms with Gasteiger partial charge in [0, 0.05) is 10.6 Å². The van der Waals surface area contributed by atoms with Gasteiger partial charge in [-0.3, -0.25) is 4.79 Å². The number of carbonyl (C=O) groups excluding carboxylic acids is 1. The predicted octanol–water partition coefficient (Wildman–Crippen LogP) is 3.49. The lowest BCUT2D eigenvalue weighted by Gasteiger charge is -2.16. The van der Waals surface area contributed by atoms with Crippen LogP contribution >= 0.6 is 11.6 Å². The van der Waals surface area contributed by atoms with E-state index in [0.717, 1.165) is 0 Å². The molecule has 0 spiro atoms. The maximum atomic E-state index is 11.9. The van der Waals surface area contributed by atoms with Gasteiger partial charge in [-0.15, -0.1) is 0 Å². The van der Waals surface area contributed by atoms with Gasteiger partial charge in [0.25, 0.3) is 5.91 Å². The van der Waals surface area contributed by atoms with Crippen molar-refractivity contribution >= 4 is 17.5 Å². The zero-order chi connectivity index (χ0) is 13.7. The van der Waals surface area contributed by atoms with Crippen molar-refractivity contribution in [1.29, 1.82) is 0 Å². The second kappa shape index (κ2) is 6.25. The van der Waals surface area contributed by atoms with Crippen LogP contribution in [-0.2, 0) is 0 Å². The Bertz CT molecular complexity index is 540. The Labute approximate surface area is 117 Å². The summed E-state index contributed by atoms with van der Waals surface area (Å²) in [6.45, 7) is 1.77. The van der Waals surface area contributed by atoms with Crippen molar-refractivity contribution in [3.05, 3.63) is 65.2 Å². The number of benzene rings is 2. The van der Waals surface area contributed by atoms with Gasteiger partial charge >= 0.3 is 0 Å². The SMILES string of the molecule is CC(NC(=O)c1ccccc1)Oc1ccc(Cl)cc1. The van der Waals surface area contributed by atoms with E-state index in [-0.39, 0.29) is 5.91 Å². The van der Waals surface area contributed by atoms with Crippen LogP contribution in [0.5, 0.6) is 5.75 Å². The number of ether oxygens (including phenoxy) is 1. The van der Waals surface area contributed by atoms with Gasteiger partial charge in [0.2, 0.25) is 0 Å². The van der Waals surface area contributed by atoms with E-state index in [0.29, 0.717) is 16.3 Å². The number of carbonyl (C=O) groups is 1. The third kappa shape index (κ3) is 4.00. The van der Waals surface area contributed by atoms with Crippen molar-refractivity contribution in [3.8, 4) is 5.75 Å². The molecule has 0 fully saturated rings. The average Bonchev–Trinajstić information content (AvgIpc) is 2.42.